The number of benzene rings is 1. The van der Waals surface area contributed by atoms with Gasteiger partial charge in [-0.3, -0.25) is 23.7 Å². The van der Waals surface area contributed by atoms with Gasteiger partial charge in [0, 0.05) is 37.6 Å². The fourth-order valence-corrected chi connectivity index (χ4v) is 4.93. The highest BCUT2D eigenvalue weighted by atomic mass is 35.5. The Morgan fingerprint density at radius 2 is 1.86 bits per heavy atom. The van der Waals surface area contributed by atoms with E-state index in [2.05, 4.69) is 15.3 Å². The van der Waals surface area contributed by atoms with Crippen molar-refractivity contribution in [3.05, 3.63) is 78.7 Å². The molecule has 0 unspecified atom stereocenters. The zero-order valence-electron chi connectivity index (χ0n) is 20.4. The predicted octanol–water partition coefficient (Wildman–Crippen LogP) is 3.59. The molecule has 1 fully saturated rings. The molecule has 12 heteroatoms. The molecule has 0 atom stereocenters. The fourth-order valence-electron chi connectivity index (χ4n) is 4.61. The molecule has 0 amide bonds. The number of imidazole rings is 1. The molecule has 4 aromatic rings. The van der Waals surface area contributed by atoms with Crippen molar-refractivity contribution in [3.8, 4) is 0 Å². The molecule has 0 spiro atoms. The van der Waals surface area contributed by atoms with Crippen molar-refractivity contribution in [3.63, 3.8) is 0 Å². The smallest absolute Gasteiger partial charge is 0.332 e. The van der Waals surface area contributed by atoms with Crippen LogP contribution in [-0.2, 0) is 30.2 Å². The molecule has 3 heterocycles. The number of methoxy groups -OCH3 is 1. The van der Waals surface area contributed by atoms with E-state index < -0.39 is 11.2 Å². The topological polar surface area (TPSA) is 113 Å². The summed E-state index contributed by atoms with van der Waals surface area (Å²) >= 11 is 12.1. The summed E-state index contributed by atoms with van der Waals surface area (Å²) in [5.74, 6) is 0.273. The fraction of sp³-hybridized carbons (Fsp3) is 0.320. The number of nitrogens with one attached hydrogen (secondary N) is 1. The van der Waals surface area contributed by atoms with E-state index in [4.69, 9.17) is 27.9 Å². The number of nitrogens with zero attached hydrogens (tertiary/aromatic N) is 5. The van der Waals surface area contributed by atoms with Gasteiger partial charge in [0.15, 0.2) is 11.2 Å². The van der Waals surface area contributed by atoms with Crippen molar-refractivity contribution in [2.75, 3.05) is 12.4 Å². The van der Waals surface area contributed by atoms with Crippen molar-refractivity contribution in [2.24, 2.45) is 20.0 Å². The summed E-state index contributed by atoms with van der Waals surface area (Å²) in [5, 5.41) is 3.97. The van der Waals surface area contributed by atoms with Gasteiger partial charge >= 0.3 is 11.7 Å². The molecule has 0 saturated heterocycles. The maximum atomic E-state index is 13.4. The van der Waals surface area contributed by atoms with Crippen LogP contribution in [0.15, 0.2) is 46.1 Å². The summed E-state index contributed by atoms with van der Waals surface area (Å²) in [6.07, 6.45) is 3.07. The van der Waals surface area contributed by atoms with Crippen LogP contribution in [0.2, 0.25) is 10.0 Å². The largest absolute Gasteiger partial charge is 0.469 e. The number of fused-ring (bicyclic) bond motifs is 1. The van der Waals surface area contributed by atoms with E-state index in [0.717, 1.165) is 15.9 Å². The summed E-state index contributed by atoms with van der Waals surface area (Å²) in [6, 6.07) is 8.67. The molecule has 1 aliphatic carbocycles. The molecule has 1 aromatic carbocycles. The third-order valence-electron chi connectivity index (χ3n) is 6.81. The monoisotopic (exact) mass is 542 g/mol. The highest BCUT2D eigenvalue weighted by Gasteiger charge is 2.37. The van der Waals surface area contributed by atoms with Gasteiger partial charge in [-0.05, 0) is 42.7 Å². The highest BCUT2D eigenvalue weighted by molar-refractivity contribution is 6.42. The van der Waals surface area contributed by atoms with Crippen LogP contribution in [0.1, 0.15) is 30.0 Å². The Kier molecular flexibility index (Phi) is 6.55. The summed E-state index contributed by atoms with van der Waals surface area (Å²) in [4.78, 5) is 47.1. The molecule has 1 N–H and O–H groups in total. The van der Waals surface area contributed by atoms with Crippen molar-refractivity contribution in [2.45, 2.75) is 25.3 Å². The number of aromatic nitrogens is 5. The first-order valence-electron chi connectivity index (χ1n) is 11.6. The average molecular weight is 543 g/mol. The Labute approximate surface area is 221 Å². The van der Waals surface area contributed by atoms with Crippen molar-refractivity contribution < 1.29 is 9.53 Å². The van der Waals surface area contributed by atoms with E-state index in [0.29, 0.717) is 34.4 Å². The molecule has 0 aliphatic heterocycles. The van der Waals surface area contributed by atoms with Gasteiger partial charge in [-0.2, -0.15) is 4.98 Å². The van der Waals surface area contributed by atoms with E-state index in [9.17, 15) is 14.4 Å². The molecule has 5 rings (SSSR count). The number of hydrogen-bond donors (Lipinski definition) is 1. The first kappa shape index (κ1) is 25.0. The minimum Gasteiger partial charge on any atom is -0.469 e. The van der Waals surface area contributed by atoms with E-state index in [1.54, 1.807) is 49.1 Å². The van der Waals surface area contributed by atoms with Crippen LogP contribution < -0.4 is 16.6 Å². The van der Waals surface area contributed by atoms with Gasteiger partial charge in [0.05, 0.1) is 29.6 Å². The summed E-state index contributed by atoms with van der Waals surface area (Å²) in [7, 11) is 4.68. The lowest BCUT2D eigenvalue weighted by Gasteiger charge is -2.32. The Hall–Kier alpha value is -3.63. The number of anilines is 2. The van der Waals surface area contributed by atoms with Crippen molar-refractivity contribution >= 4 is 52.0 Å². The van der Waals surface area contributed by atoms with Crippen molar-refractivity contribution in [1.29, 1.82) is 0 Å². The summed E-state index contributed by atoms with van der Waals surface area (Å²) in [6.45, 7) is 0.0357. The van der Waals surface area contributed by atoms with Gasteiger partial charge in [-0.15, -0.1) is 0 Å². The number of hydrogen-bond acceptors (Lipinski definition) is 7. The van der Waals surface area contributed by atoms with E-state index >= 15 is 0 Å². The normalized spacial score (nSPS) is 17.0. The second-order valence-electron chi connectivity index (χ2n) is 9.13. The number of pyridine rings is 1. The minimum absolute atomic E-state index is 0.0357. The number of rotatable bonds is 6. The number of carbonyl (C=O) groups is 1. The van der Waals surface area contributed by atoms with Crippen LogP contribution in [-0.4, -0.2) is 36.7 Å². The summed E-state index contributed by atoms with van der Waals surface area (Å²) < 4.78 is 8.93. The van der Waals surface area contributed by atoms with Crippen LogP contribution in [0.25, 0.3) is 11.2 Å². The lowest BCUT2D eigenvalue weighted by atomic mass is 9.73. The first-order valence-corrected chi connectivity index (χ1v) is 12.3. The van der Waals surface area contributed by atoms with Gasteiger partial charge in [-0.25, -0.2) is 4.79 Å². The van der Waals surface area contributed by atoms with E-state index in [-0.39, 0.29) is 35.5 Å². The molecule has 1 aliphatic rings. The Morgan fingerprint density at radius 1 is 1.11 bits per heavy atom. The van der Waals surface area contributed by atoms with Crippen LogP contribution in [0.5, 0.6) is 0 Å². The lowest BCUT2D eigenvalue weighted by Crippen LogP contribution is -2.39. The molecular formula is C25H24Cl2N6O4. The van der Waals surface area contributed by atoms with E-state index in [1.165, 1.54) is 11.7 Å². The number of carbonyl (C=O) groups excluding carboxylic acids is 1. The van der Waals surface area contributed by atoms with Gasteiger partial charge in [0.1, 0.15) is 0 Å². The molecule has 0 radical (unpaired) electrons. The van der Waals surface area contributed by atoms with Gasteiger partial charge < -0.3 is 14.6 Å². The maximum Gasteiger partial charge on any atom is 0.332 e. The predicted molar refractivity (Wildman–Crippen MR) is 141 cm³/mol. The maximum absolute atomic E-state index is 13.4. The number of aryl methyl sites for hydroxylation is 2. The Bertz CT molecular complexity index is 1650. The standard InChI is InChI=1S/C25H24Cl2N6O4/c1-31-20-21(32(2)25(36)33(22(20)34)12-13-4-5-17(26)18(27)8-13)30-24(31)29-16-6-7-28-19(11-16)14-9-15(10-14)23(35)37-3/h4-8,11,14-15H,9-10,12H2,1-3H3,(H,28,29,30). The number of esters is 1. The van der Waals surface area contributed by atoms with Crippen LogP contribution >= 0.6 is 23.2 Å². The van der Waals surface area contributed by atoms with E-state index in [1.807, 2.05) is 6.07 Å². The number of halogens is 2. The SMILES string of the molecule is COC(=O)C1CC(c2cc(Nc3nc4c(c(=O)n(Cc5ccc(Cl)c(Cl)c5)c(=O)n4C)n3C)ccn2)C1. The Balaban J connectivity index is 1.46. The Morgan fingerprint density at radius 3 is 2.57 bits per heavy atom. The van der Waals surface area contributed by atoms with Crippen LogP contribution in [0.4, 0.5) is 11.6 Å². The molecule has 10 nitrogen and oxygen atoms in total. The molecule has 0 bridgehead atoms. The third kappa shape index (κ3) is 4.51. The zero-order valence-corrected chi connectivity index (χ0v) is 21.9. The molecule has 192 valence electrons. The quantitative estimate of drug-likeness (QED) is 0.370. The van der Waals surface area contributed by atoms with Gasteiger partial charge in [0.2, 0.25) is 5.95 Å². The third-order valence-corrected chi connectivity index (χ3v) is 7.55. The second-order valence-corrected chi connectivity index (χ2v) is 9.95. The average Bonchev–Trinajstić information content (AvgIpc) is 3.17. The molecule has 1 saturated carbocycles. The van der Waals surface area contributed by atoms with Crippen molar-refractivity contribution in [1.82, 2.24) is 23.7 Å². The number of ether oxygens (including phenoxy) is 1. The highest BCUT2D eigenvalue weighted by Crippen LogP contribution is 2.42. The van der Waals surface area contributed by atoms with Gasteiger partial charge in [-0.1, -0.05) is 29.3 Å². The van der Waals surface area contributed by atoms with Crippen LogP contribution in [0.3, 0.4) is 0 Å². The summed E-state index contributed by atoms with van der Waals surface area (Å²) in [5.41, 5.74) is 1.84. The molecular weight excluding hydrogens is 519 g/mol. The first-order chi connectivity index (χ1) is 17.7. The zero-order chi connectivity index (χ0) is 26.4. The van der Waals surface area contributed by atoms with Crippen LogP contribution in [0, 0.1) is 5.92 Å². The lowest BCUT2D eigenvalue weighted by molar-refractivity contribution is -0.148. The molecule has 37 heavy (non-hydrogen) atoms. The minimum atomic E-state index is -0.496. The second kappa shape index (κ2) is 9.68. The van der Waals surface area contributed by atoms with Gasteiger partial charge in [0.25, 0.3) is 5.56 Å². The molecule has 3 aromatic heterocycles.